The number of hydrogen-bond acceptors (Lipinski definition) is 5. The second-order valence-electron chi connectivity index (χ2n) is 5.86. The Labute approximate surface area is 147 Å². The largest absolute Gasteiger partial charge is 0.497 e. The minimum Gasteiger partial charge on any atom is -0.497 e. The first-order valence-electron chi connectivity index (χ1n) is 8.18. The molecule has 1 atom stereocenters. The highest BCUT2D eigenvalue weighted by atomic mass is 16.5. The molecule has 2 heterocycles. The number of ether oxygens (including phenoxy) is 2. The summed E-state index contributed by atoms with van der Waals surface area (Å²) in [6.07, 6.45) is 5.62. The first-order valence-corrected chi connectivity index (χ1v) is 8.18. The summed E-state index contributed by atoms with van der Waals surface area (Å²) in [7, 11) is 3.27. The van der Waals surface area contributed by atoms with Gasteiger partial charge in [0.1, 0.15) is 17.3 Å². The van der Waals surface area contributed by atoms with Crippen molar-refractivity contribution < 1.29 is 18.7 Å². The number of hydrogen-bond donors (Lipinski definition) is 1. The van der Waals surface area contributed by atoms with Crippen molar-refractivity contribution in [2.45, 2.75) is 12.5 Å². The molecule has 1 amide bonds. The van der Waals surface area contributed by atoms with Crippen LogP contribution in [0.15, 0.2) is 47.1 Å². The van der Waals surface area contributed by atoms with Gasteiger partial charge in [0.2, 0.25) is 5.91 Å². The number of nitrogens with one attached hydrogen (secondary N) is 1. The maximum atomic E-state index is 12.0. The summed E-state index contributed by atoms with van der Waals surface area (Å²) in [5.41, 5.74) is 1.03. The van der Waals surface area contributed by atoms with Gasteiger partial charge in [-0.1, -0.05) is 0 Å². The predicted octanol–water partition coefficient (Wildman–Crippen LogP) is 2.71. The summed E-state index contributed by atoms with van der Waals surface area (Å²) < 4.78 is 15.8. The third kappa shape index (κ3) is 4.35. The summed E-state index contributed by atoms with van der Waals surface area (Å²) in [4.78, 5) is 14.3. The van der Waals surface area contributed by atoms with Gasteiger partial charge >= 0.3 is 0 Å². The van der Waals surface area contributed by atoms with Crippen LogP contribution in [0, 0.1) is 0 Å². The Morgan fingerprint density at radius 2 is 2.04 bits per heavy atom. The highest BCUT2D eigenvalue weighted by molar-refractivity contribution is 5.91. The fourth-order valence-electron chi connectivity index (χ4n) is 2.88. The van der Waals surface area contributed by atoms with Crippen LogP contribution in [0.5, 0.6) is 11.5 Å². The van der Waals surface area contributed by atoms with Crippen molar-refractivity contribution in [3.63, 3.8) is 0 Å². The summed E-state index contributed by atoms with van der Waals surface area (Å²) in [6, 6.07) is 9.49. The molecule has 132 valence electrons. The highest BCUT2D eigenvalue weighted by Gasteiger charge is 2.24. The molecular formula is C19H22N2O4. The van der Waals surface area contributed by atoms with Gasteiger partial charge in [-0.25, -0.2) is 0 Å². The van der Waals surface area contributed by atoms with Gasteiger partial charge in [0.05, 0.1) is 20.5 Å². The molecule has 1 aromatic heterocycles. The minimum absolute atomic E-state index is 0.103. The Balaban J connectivity index is 1.59. The zero-order chi connectivity index (χ0) is 17.6. The lowest BCUT2D eigenvalue weighted by Crippen LogP contribution is -2.36. The van der Waals surface area contributed by atoms with Crippen LogP contribution in [-0.2, 0) is 4.79 Å². The van der Waals surface area contributed by atoms with E-state index in [0.717, 1.165) is 36.7 Å². The molecule has 1 aromatic carbocycles. The lowest BCUT2D eigenvalue weighted by atomic mass is 10.2. The number of rotatable bonds is 6. The van der Waals surface area contributed by atoms with E-state index in [-0.39, 0.29) is 11.9 Å². The second-order valence-corrected chi connectivity index (χ2v) is 5.86. The molecular weight excluding hydrogens is 320 g/mol. The van der Waals surface area contributed by atoms with Gasteiger partial charge in [-0.15, -0.1) is 0 Å². The van der Waals surface area contributed by atoms with Crippen molar-refractivity contribution in [2.24, 2.45) is 0 Å². The molecule has 6 nitrogen and oxygen atoms in total. The SMILES string of the molecule is COc1cc(OC)cc(N2CC[C@@H](NC(=O)/C=C/c3ccco3)C2)c1. The van der Waals surface area contributed by atoms with Gasteiger partial charge in [0.15, 0.2) is 0 Å². The van der Waals surface area contributed by atoms with Crippen molar-refractivity contribution >= 4 is 17.7 Å². The van der Waals surface area contributed by atoms with Crippen LogP contribution in [-0.4, -0.2) is 39.3 Å². The van der Waals surface area contributed by atoms with Crippen molar-refractivity contribution in [3.8, 4) is 11.5 Å². The first kappa shape index (κ1) is 17.0. The minimum atomic E-state index is -0.119. The van der Waals surface area contributed by atoms with Crippen LogP contribution >= 0.6 is 0 Å². The smallest absolute Gasteiger partial charge is 0.244 e. The van der Waals surface area contributed by atoms with E-state index in [1.165, 1.54) is 6.08 Å². The number of amides is 1. The monoisotopic (exact) mass is 342 g/mol. The van der Waals surface area contributed by atoms with Crippen LogP contribution in [0.4, 0.5) is 5.69 Å². The molecule has 0 unspecified atom stereocenters. The molecule has 0 spiro atoms. The molecule has 25 heavy (non-hydrogen) atoms. The zero-order valence-electron chi connectivity index (χ0n) is 14.4. The molecule has 1 fully saturated rings. The molecule has 1 aliphatic rings. The van der Waals surface area contributed by atoms with Crippen molar-refractivity contribution in [1.82, 2.24) is 5.32 Å². The van der Waals surface area contributed by atoms with E-state index in [1.54, 1.807) is 38.7 Å². The van der Waals surface area contributed by atoms with Gasteiger partial charge < -0.3 is 24.1 Å². The highest BCUT2D eigenvalue weighted by Crippen LogP contribution is 2.30. The molecule has 1 N–H and O–H groups in total. The quantitative estimate of drug-likeness (QED) is 0.818. The van der Waals surface area contributed by atoms with E-state index in [1.807, 2.05) is 18.2 Å². The average Bonchev–Trinajstić information content (AvgIpc) is 3.31. The normalized spacial score (nSPS) is 17.0. The van der Waals surface area contributed by atoms with E-state index >= 15 is 0 Å². The molecule has 1 saturated heterocycles. The molecule has 0 aliphatic carbocycles. The summed E-state index contributed by atoms with van der Waals surface area (Å²) in [5, 5.41) is 3.03. The standard InChI is InChI=1S/C19H22N2O4/c1-23-17-10-15(11-18(12-17)24-2)21-8-7-14(13-21)20-19(22)6-5-16-4-3-9-25-16/h3-6,9-12,14H,7-8,13H2,1-2H3,(H,20,22)/b6-5+/t14-/m1/s1. The van der Waals surface area contributed by atoms with Crippen molar-refractivity contribution in [2.75, 3.05) is 32.2 Å². The topological polar surface area (TPSA) is 63.9 Å². The van der Waals surface area contributed by atoms with Gasteiger partial charge in [-0.3, -0.25) is 4.79 Å². The van der Waals surface area contributed by atoms with Crippen LogP contribution in [0.1, 0.15) is 12.2 Å². The molecule has 0 saturated carbocycles. The van der Waals surface area contributed by atoms with Crippen molar-refractivity contribution in [1.29, 1.82) is 0 Å². The Bertz CT molecular complexity index is 718. The van der Waals surface area contributed by atoms with Gasteiger partial charge in [0.25, 0.3) is 0 Å². The number of carbonyl (C=O) groups excluding carboxylic acids is 1. The second kappa shape index (κ2) is 7.79. The lowest BCUT2D eigenvalue weighted by molar-refractivity contribution is -0.117. The number of nitrogens with zero attached hydrogens (tertiary/aromatic N) is 1. The maximum absolute atomic E-state index is 12.0. The van der Waals surface area contributed by atoms with E-state index in [9.17, 15) is 4.79 Å². The van der Waals surface area contributed by atoms with Crippen LogP contribution in [0.2, 0.25) is 0 Å². The third-order valence-electron chi connectivity index (χ3n) is 4.18. The molecule has 3 rings (SSSR count). The molecule has 1 aliphatic heterocycles. The number of furan rings is 1. The molecule has 6 heteroatoms. The van der Waals surface area contributed by atoms with Gasteiger partial charge in [-0.05, 0) is 24.6 Å². The van der Waals surface area contributed by atoms with E-state index in [0.29, 0.717) is 5.76 Å². The first-order chi connectivity index (χ1) is 12.2. The number of benzene rings is 1. The summed E-state index contributed by atoms with van der Waals surface area (Å²) >= 11 is 0. The maximum Gasteiger partial charge on any atom is 0.244 e. The molecule has 0 bridgehead atoms. The number of methoxy groups -OCH3 is 2. The third-order valence-corrected chi connectivity index (χ3v) is 4.18. The Morgan fingerprint density at radius 1 is 1.28 bits per heavy atom. The van der Waals surface area contributed by atoms with Gasteiger partial charge in [-0.2, -0.15) is 0 Å². The summed E-state index contributed by atoms with van der Waals surface area (Å²) in [5.74, 6) is 2.05. The fourth-order valence-corrected chi connectivity index (χ4v) is 2.88. The fraction of sp³-hybridized carbons (Fsp3) is 0.316. The van der Waals surface area contributed by atoms with Gasteiger partial charge in [0, 0.05) is 49.1 Å². The predicted molar refractivity (Wildman–Crippen MR) is 96.0 cm³/mol. The van der Waals surface area contributed by atoms with Crippen LogP contribution < -0.4 is 19.7 Å². The molecule has 2 aromatic rings. The molecule has 0 radical (unpaired) electrons. The Morgan fingerprint density at radius 3 is 2.68 bits per heavy atom. The zero-order valence-corrected chi connectivity index (χ0v) is 14.4. The Kier molecular flexibility index (Phi) is 5.28. The van der Waals surface area contributed by atoms with E-state index in [4.69, 9.17) is 13.9 Å². The van der Waals surface area contributed by atoms with Crippen LogP contribution in [0.3, 0.4) is 0 Å². The summed E-state index contributed by atoms with van der Waals surface area (Å²) in [6.45, 7) is 1.61. The van der Waals surface area contributed by atoms with Crippen molar-refractivity contribution in [3.05, 3.63) is 48.4 Å². The number of anilines is 1. The average molecular weight is 342 g/mol. The number of carbonyl (C=O) groups is 1. The van der Waals surface area contributed by atoms with E-state index < -0.39 is 0 Å². The van der Waals surface area contributed by atoms with E-state index in [2.05, 4.69) is 10.2 Å². The lowest BCUT2D eigenvalue weighted by Gasteiger charge is -2.20. The van der Waals surface area contributed by atoms with Crippen LogP contribution in [0.25, 0.3) is 6.08 Å². The Hall–Kier alpha value is -2.89.